The molecule has 0 aromatic heterocycles. The maximum absolute atomic E-state index is 12.1. The molecule has 0 bridgehead atoms. The maximum atomic E-state index is 12.1. The third-order valence-electron chi connectivity index (χ3n) is 3.37. The monoisotopic (exact) mass is 347 g/mol. The van der Waals surface area contributed by atoms with Crippen LogP contribution >= 0.6 is 0 Å². The van der Waals surface area contributed by atoms with Crippen molar-refractivity contribution in [2.45, 2.75) is 33.0 Å². The summed E-state index contributed by atoms with van der Waals surface area (Å²) in [7, 11) is 1.56. The Balaban J connectivity index is 2.65. The first kappa shape index (κ1) is 19.9. The average Bonchev–Trinajstić information content (AvgIpc) is 2.47. The van der Waals surface area contributed by atoms with E-state index in [4.69, 9.17) is 4.74 Å². The third-order valence-corrected chi connectivity index (χ3v) is 3.37. The molecule has 1 atom stereocenters. The molecule has 0 heterocycles. The van der Waals surface area contributed by atoms with Gasteiger partial charge in [0.05, 0.1) is 7.11 Å². The Labute approximate surface area is 140 Å². The van der Waals surface area contributed by atoms with E-state index in [-0.39, 0.29) is 18.0 Å². The summed E-state index contributed by atoms with van der Waals surface area (Å²) in [5, 5.41) is 7.53. The Morgan fingerprint density at radius 3 is 2.42 bits per heavy atom. The summed E-state index contributed by atoms with van der Waals surface area (Å²) < 4.78 is 41.4. The predicted octanol–water partition coefficient (Wildman–Crippen LogP) is 3.38. The molecule has 0 radical (unpaired) electrons. The SMILES string of the molecule is COc1cccc(NC(CNC(=O)NCC(F)(F)F)C(C)(C)C)c1. The third kappa shape index (κ3) is 7.43. The first-order chi connectivity index (χ1) is 11.0. The van der Waals surface area contributed by atoms with Gasteiger partial charge in [-0.05, 0) is 17.5 Å². The molecule has 1 aromatic rings. The van der Waals surface area contributed by atoms with Crippen molar-refractivity contribution in [3.8, 4) is 5.75 Å². The minimum Gasteiger partial charge on any atom is -0.497 e. The van der Waals surface area contributed by atoms with E-state index in [2.05, 4.69) is 10.6 Å². The second kappa shape index (κ2) is 8.12. The van der Waals surface area contributed by atoms with E-state index < -0.39 is 18.8 Å². The minimum atomic E-state index is -4.43. The molecule has 0 saturated heterocycles. The number of urea groups is 1. The highest BCUT2D eigenvalue weighted by Crippen LogP contribution is 2.25. The Kier molecular flexibility index (Phi) is 6.74. The second-order valence-corrected chi connectivity index (χ2v) is 6.47. The first-order valence-electron chi connectivity index (χ1n) is 7.50. The predicted molar refractivity (Wildman–Crippen MR) is 87.3 cm³/mol. The minimum absolute atomic E-state index is 0.171. The number of alkyl halides is 3. The van der Waals surface area contributed by atoms with E-state index in [0.717, 1.165) is 5.69 Å². The van der Waals surface area contributed by atoms with Crippen LogP contribution in [0.2, 0.25) is 0 Å². The number of carbonyl (C=O) groups is 1. The van der Waals surface area contributed by atoms with Crippen LogP contribution in [0.15, 0.2) is 24.3 Å². The van der Waals surface area contributed by atoms with Crippen molar-refractivity contribution in [1.29, 1.82) is 0 Å². The number of hydrogen-bond donors (Lipinski definition) is 3. The average molecular weight is 347 g/mol. The van der Waals surface area contributed by atoms with Crippen LogP contribution in [0, 0.1) is 5.41 Å². The molecule has 3 N–H and O–H groups in total. The van der Waals surface area contributed by atoms with Crippen LogP contribution in [0.4, 0.5) is 23.7 Å². The summed E-state index contributed by atoms with van der Waals surface area (Å²) in [6, 6.07) is 6.24. The van der Waals surface area contributed by atoms with Crippen molar-refractivity contribution in [1.82, 2.24) is 10.6 Å². The maximum Gasteiger partial charge on any atom is 0.405 e. The van der Waals surface area contributed by atoms with Gasteiger partial charge in [-0.1, -0.05) is 26.8 Å². The molecular formula is C16H24F3N3O2. The topological polar surface area (TPSA) is 62.4 Å². The number of nitrogens with one attached hydrogen (secondary N) is 3. The number of ether oxygens (including phenoxy) is 1. The van der Waals surface area contributed by atoms with Gasteiger partial charge in [0.1, 0.15) is 12.3 Å². The summed E-state index contributed by atoms with van der Waals surface area (Å²) in [6.07, 6.45) is -4.43. The van der Waals surface area contributed by atoms with Gasteiger partial charge in [-0.15, -0.1) is 0 Å². The van der Waals surface area contributed by atoms with E-state index in [1.807, 2.05) is 39.0 Å². The quantitative estimate of drug-likeness (QED) is 0.739. The number of halogens is 3. The summed E-state index contributed by atoms with van der Waals surface area (Å²) in [5.41, 5.74) is 0.562. The molecule has 8 heteroatoms. The fourth-order valence-electron chi connectivity index (χ4n) is 1.93. The van der Waals surface area contributed by atoms with Gasteiger partial charge in [0.25, 0.3) is 0 Å². The van der Waals surface area contributed by atoms with Crippen LogP contribution in [0.25, 0.3) is 0 Å². The molecule has 0 saturated carbocycles. The van der Waals surface area contributed by atoms with Crippen LogP contribution in [-0.2, 0) is 0 Å². The highest BCUT2D eigenvalue weighted by molar-refractivity contribution is 5.74. The number of anilines is 1. The van der Waals surface area contributed by atoms with Gasteiger partial charge in [-0.3, -0.25) is 0 Å². The van der Waals surface area contributed by atoms with Crippen LogP contribution in [-0.4, -0.2) is 38.4 Å². The molecule has 136 valence electrons. The normalized spacial score (nSPS) is 13.1. The zero-order valence-corrected chi connectivity index (χ0v) is 14.3. The number of methoxy groups -OCH3 is 1. The van der Waals surface area contributed by atoms with Gasteiger partial charge in [0.2, 0.25) is 0 Å². The summed E-state index contributed by atoms with van der Waals surface area (Å²) in [4.78, 5) is 11.5. The molecule has 5 nitrogen and oxygen atoms in total. The highest BCUT2D eigenvalue weighted by Gasteiger charge is 2.29. The lowest BCUT2D eigenvalue weighted by molar-refractivity contribution is -0.122. The lowest BCUT2D eigenvalue weighted by atomic mass is 9.86. The molecule has 0 spiro atoms. The van der Waals surface area contributed by atoms with E-state index in [1.54, 1.807) is 18.5 Å². The van der Waals surface area contributed by atoms with E-state index in [1.165, 1.54) is 0 Å². The summed E-state index contributed by atoms with van der Waals surface area (Å²) in [5.74, 6) is 0.684. The lowest BCUT2D eigenvalue weighted by Crippen LogP contribution is -2.48. The zero-order valence-electron chi connectivity index (χ0n) is 14.3. The molecule has 1 rings (SSSR count). The Morgan fingerprint density at radius 1 is 1.21 bits per heavy atom. The number of carbonyl (C=O) groups excluding carboxylic acids is 1. The largest absolute Gasteiger partial charge is 0.497 e. The van der Waals surface area contributed by atoms with Gasteiger partial charge in [0, 0.05) is 24.3 Å². The van der Waals surface area contributed by atoms with Crippen LogP contribution < -0.4 is 20.7 Å². The number of rotatable bonds is 6. The molecule has 1 unspecified atom stereocenters. The number of benzene rings is 1. The van der Waals surface area contributed by atoms with Crippen LogP contribution in [0.1, 0.15) is 20.8 Å². The van der Waals surface area contributed by atoms with Gasteiger partial charge < -0.3 is 20.7 Å². The molecule has 0 aliphatic heterocycles. The Hall–Kier alpha value is -2.12. The Morgan fingerprint density at radius 2 is 1.88 bits per heavy atom. The lowest BCUT2D eigenvalue weighted by Gasteiger charge is -2.32. The molecule has 2 amide bonds. The highest BCUT2D eigenvalue weighted by atomic mass is 19.4. The fourth-order valence-corrected chi connectivity index (χ4v) is 1.93. The molecule has 24 heavy (non-hydrogen) atoms. The number of amides is 2. The van der Waals surface area contributed by atoms with E-state index in [0.29, 0.717) is 5.75 Å². The first-order valence-corrected chi connectivity index (χ1v) is 7.50. The van der Waals surface area contributed by atoms with Crippen molar-refractivity contribution in [3.05, 3.63) is 24.3 Å². The standard InChI is InChI=1S/C16H24F3N3O2/c1-15(2,3)13(9-20-14(23)21-10-16(17,18)19)22-11-6-5-7-12(8-11)24-4/h5-8,13,22H,9-10H2,1-4H3,(H2,20,21,23). The molecule has 0 aliphatic carbocycles. The molecule has 0 fully saturated rings. The van der Waals surface area contributed by atoms with Crippen molar-refractivity contribution in [2.75, 3.05) is 25.5 Å². The van der Waals surface area contributed by atoms with Crippen molar-refractivity contribution in [2.24, 2.45) is 5.41 Å². The number of hydrogen-bond acceptors (Lipinski definition) is 3. The zero-order chi connectivity index (χ0) is 18.4. The molecule has 1 aromatic carbocycles. The van der Waals surface area contributed by atoms with Gasteiger partial charge in [-0.25, -0.2) is 4.79 Å². The van der Waals surface area contributed by atoms with Gasteiger partial charge in [-0.2, -0.15) is 13.2 Å². The van der Waals surface area contributed by atoms with Crippen LogP contribution in [0.5, 0.6) is 5.75 Å². The van der Waals surface area contributed by atoms with Crippen molar-refractivity contribution in [3.63, 3.8) is 0 Å². The summed E-state index contributed by atoms with van der Waals surface area (Å²) >= 11 is 0. The van der Waals surface area contributed by atoms with Crippen LogP contribution in [0.3, 0.4) is 0 Å². The second-order valence-electron chi connectivity index (χ2n) is 6.47. The van der Waals surface area contributed by atoms with Crippen molar-refractivity contribution >= 4 is 11.7 Å². The van der Waals surface area contributed by atoms with Crippen molar-refractivity contribution < 1.29 is 22.7 Å². The summed E-state index contributed by atoms with van der Waals surface area (Å²) in [6.45, 7) is 4.73. The van der Waals surface area contributed by atoms with E-state index >= 15 is 0 Å². The van der Waals surface area contributed by atoms with E-state index in [9.17, 15) is 18.0 Å². The van der Waals surface area contributed by atoms with Gasteiger partial charge >= 0.3 is 12.2 Å². The fraction of sp³-hybridized carbons (Fsp3) is 0.562. The van der Waals surface area contributed by atoms with Gasteiger partial charge in [0.15, 0.2) is 0 Å². The smallest absolute Gasteiger partial charge is 0.405 e. The Bertz CT molecular complexity index is 542. The molecular weight excluding hydrogens is 323 g/mol. The molecule has 0 aliphatic rings.